The van der Waals surface area contributed by atoms with Crippen LogP contribution in [0, 0.1) is 12.8 Å². The molecule has 2 aromatic rings. The van der Waals surface area contributed by atoms with Crippen LogP contribution < -0.4 is 14.8 Å². The summed E-state index contributed by atoms with van der Waals surface area (Å²) in [6.07, 6.45) is 0.894. The van der Waals surface area contributed by atoms with E-state index >= 15 is 0 Å². The van der Waals surface area contributed by atoms with Gasteiger partial charge < -0.3 is 20.7 Å². The predicted octanol–water partition coefficient (Wildman–Crippen LogP) is 3.42. The van der Waals surface area contributed by atoms with Crippen molar-refractivity contribution in [1.29, 1.82) is 0 Å². The maximum atomic E-state index is 5.84. The van der Waals surface area contributed by atoms with Crippen LogP contribution in [0.15, 0.2) is 24.3 Å². The van der Waals surface area contributed by atoms with Crippen molar-refractivity contribution in [3.05, 3.63) is 41.8 Å². The summed E-state index contributed by atoms with van der Waals surface area (Å²) in [5.41, 5.74) is 0. The van der Waals surface area contributed by atoms with Crippen LogP contribution in [-0.2, 0) is 32.7 Å². The maximum Gasteiger partial charge on any atom is 3.00 e. The number of rotatable bonds is 8. The van der Waals surface area contributed by atoms with Gasteiger partial charge in [0.1, 0.15) is 23.9 Å². The van der Waals surface area contributed by atoms with E-state index in [1.165, 1.54) is 0 Å². The van der Waals surface area contributed by atoms with E-state index in [-0.39, 0.29) is 38.8 Å². The molecular formula is C18H25N4O2Y+2. The van der Waals surface area contributed by atoms with Crippen molar-refractivity contribution >= 4 is 5.95 Å². The Morgan fingerprint density at radius 3 is 2.28 bits per heavy atom. The monoisotopic (exact) mass is 418 g/mol. The minimum absolute atomic E-state index is 0. The molecule has 1 heterocycles. The quantitative estimate of drug-likeness (QED) is 0.663. The maximum absolute atomic E-state index is 5.84. The summed E-state index contributed by atoms with van der Waals surface area (Å²) in [6.45, 7) is 8.47. The van der Waals surface area contributed by atoms with E-state index < -0.39 is 0 Å². The number of nitrogens with one attached hydrogen (secondary N) is 1. The molecule has 0 amide bonds. The van der Waals surface area contributed by atoms with E-state index in [4.69, 9.17) is 9.47 Å². The Morgan fingerprint density at radius 1 is 1.08 bits per heavy atom. The molecule has 0 saturated heterocycles. The number of hydrogen-bond donors (Lipinski definition) is 1. The first kappa shape index (κ1) is 21.6. The first-order chi connectivity index (χ1) is 11.5. The van der Waals surface area contributed by atoms with Gasteiger partial charge in [0.15, 0.2) is 0 Å². The van der Waals surface area contributed by atoms with E-state index in [2.05, 4.69) is 27.2 Å². The molecule has 1 atom stereocenters. The van der Waals surface area contributed by atoms with Gasteiger partial charge in [-0.15, -0.1) is 0 Å². The molecule has 1 unspecified atom stereocenters. The fraction of sp³-hybridized carbons (Fsp3) is 0.444. The van der Waals surface area contributed by atoms with E-state index in [1.54, 1.807) is 7.11 Å². The fourth-order valence-corrected chi connectivity index (χ4v) is 2.08. The largest absolute Gasteiger partial charge is 3.00 e. The topological polar surface area (TPSA) is 69.2 Å². The average molecular weight is 418 g/mol. The molecule has 0 saturated carbocycles. The van der Waals surface area contributed by atoms with Crippen molar-refractivity contribution in [2.45, 2.75) is 40.2 Å². The fourth-order valence-electron chi connectivity index (χ4n) is 2.08. The van der Waals surface area contributed by atoms with Gasteiger partial charge in [-0.1, -0.05) is 6.92 Å². The summed E-state index contributed by atoms with van der Waals surface area (Å²) < 4.78 is 11.0. The molecule has 2 rings (SSSR count). The molecule has 7 heteroatoms. The third-order valence-electron chi connectivity index (χ3n) is 3.53. The van der Waals surface area contributed by atoms with Crippen molar-refractivity contribution in [1.82, 2.24) is 15.0 Å². The van der Waals surface area contributed by atoms with Gasteiger partial charge in [-0.05, 0) is 37.6 Å². The minimum Gasteiger partial charge on any atom is -0.497 e. The molecule has 1 aromatic carbocycles. The minimum atomic E-state index is 0. The summed E-state index contributed by atoms with van der Waals surface area (Å²) >= 11 is 0. The molecule has 0 radical (unpaired) electrons. The normalized spacial score (nSPS) is 11.2. The van der Waals surface area contributed by atoms with Gasteiger partial charge >= 0.3 is 32.7 Å². The average Bonchev–Trinajstić information content (AvgIpc) is 2.58. The van der Waals surface area contributed by atoms with Crippen LogP contribution >= 0.6 is 0 Å². The Labute approximate surface area is 175 Å². The Balaban J connectivity index is 0.00000312. The van der Waals surface area contributed by atoms with Crippen molar-refractivity contribution in [3.63, 3.8) is 0 Å². The van der Waals surface area contributed by atoms with E-state index in [0.29, 0.717) is 18.4 Å². The van der Waals surface area contributed by atoms with Gasteiger partial charge in [0, 0.05) is 5.82 Å². The van der Waals surface area contributed by atoms with Gasteiger partial charge in [-0.3, -0.25) is 4.98 Å². The third-order valence-corrected chi connectivity index (χ3v) is 3.53. The Kier molecular flexibility index (Phi) is 9.15. The zero-order chi connectivity index (χ0) is 17.5. The summed E-state index contributed by atoms with van der Waals surface area (Å²) in [7, 11) is 1.65. The predicted molar refractivity (Wildman–Crippen MR) is 94.4 cm³/mol. The molecule has 130 valence electrons. The van der Waals surface area contributed by atoms with Crippen molar-refractivity contribution in [2.24, 2.45) is 0 Å². The van der Waals surface area contributed by atoms with Crippen LogP contribution in [0.4, 0.5) is 5.95 Å². The summed E-state index contributed by atoms with van der Waals surface area (Å²) in [4.78, 5) is 13.2. The summed E-state index contributed by atoms with van der Waals surface area (Å²) in [6, 6.07) is 7.66. The second kappa shape index (κ2) is 10.6. The van der Waals surface area contributed by atoms with Crippen molar-refractivity contribution < 1.29 is 42.2 Å². The first-order valence-corrected chi connectivity index (χ1v) is 8.08. The molecule has 0 bridgehead atoms. The summed E-state index contributed by atoms with van der Waals surface area (Å²) in [5, 5.41) is 3.33. The van der Waals surface area contributed by atoms with Gasteiger partial charge in [-0.2, -0.15) is 18.8 Å². The van der Waals surface area contributed by atoms with Crippen LogP contribution in [0.5, 0.6) is 11.5 Å². The number of nitrogens with zero attached hydrogens (tertiary/aromatic N) is 3. The first-order valence-electron chi connectivity index (χ1n) is 8.08. The van der Waals surface area contributed by atoms with E-state index in [0.717, 1.165) is 29.7 Å². The van der Waals surface area contributed by atoms with Gasteiger partial charge in [0.2, 0.25) is 5.95 Å². The molecular weight excluding hydrogens is 393 g/mol. The van der Waals surface area contributed by atoms with E-state index in [1.807, 2.05) is 45.0 Å². The molecule has 0 aliphatic carbocycles. The smallest absolute Gasteiger partial charge is 0.497 e. The zero-order valence-corrected chi connectivity index (χ0v) is 18.4. The van der Waals surface area contributed by atoms with Crippen LogP contribution in [0.3, 0.4) is 0 Å². The van der Waals surface area contributed by atoms with Gasteiger partial charge in [0.05, 0.1) is 13.2 Å². The number of methoxy groups -OCH3 is 1. The molecule has 1 N–H and O–H groups in total. The van der Waals surface area contributed by atoms with Crippen LogP contribution in [0.2, 0.25) is 0 Å². The Morgan fingerprint density at radius 2 is 1.72 bits per heavy atom. The van der Waals surface area contributed by atoms with Gasteiger partial charge in [-0.25, -0.2) is 4.98 Å². The second-order valence-corrected chi connectivity index (χ2v) is 5.77. The molecule has 0 aliphatic rings. The standard InChI is InChI=1S/C18H25N4O2.Y/c1-6-14(11-24-16-9-7-15(23-5)8-10-16)21-18-20-13(4)19-17(22-18)12(2)3;/h7-10,14H,6,11H2,1-5H3,(H,19,20,21,22);/q-1;+3. The SMILES string of the molecule is CCC(COc1ccc(OC)cc1)Nc1nc(C)nc([C-](C)C)n1.[Y+3]. The molecule has 0 spiro atoms. The Bertz CT molecular complexity index is 650. The molecule has 1 aromatic heterocycles. The molecule has 0 fully saturated rings. The molecule has 6 nitrogen and oxygen atoms in total. The Hall–Kier alpha value is -1.40. The number of anilines is 1. The van der Waals surface area contributed by atoms with Gasteiger partial charge in [0.25, 0.3) is 0 Å². The van der Waals surface area contributed by atoms with Crippen LogP contribution in [0.25, 0.3) is 0 Å². The van der Waals surface area contributed by atoms with Crippen molar-refractivity contribution in [2.75, 3.05) is 19.0 Å². The molecule has 0 aliphatic heterocycles. The van der Waals surface area contributed by atoms with E-state index in [9.17, 15) is 0 Å². The number of aryl methyl sites for hydroxylation is 1. The number of hydrogen-bond acceptors (Lipinski definition) is 6. The second-order valence-electron chi connectivity index (χ2n) is 5.77. The third kappa shape index (κ3) is 6.79. The number of aromatic nitrogens is 3. The number of ether oxygens (including phenoxy) is 2. The number of benzene rings is 1. The zero-order valence-electron chi connectivity index (χ0n) is 15.5. The molecule has 25 heavy (non-hydrogen) atoms. The van der Waals surface area contributed by atoms with Crippen LogP contribution in [-0.4, -0.2) is 34.7 Å². The van der Waals surface area contributed by atoms with Crippen molar-refractivity contribution in [3.8, 4) is 11.5 Å². The van der Waals surface area contributed by atoms with Crippen LogP contribution in [0.1, 0.15) is 38.8 Å². The summed E-state index contributed by atoms with van der Waals surface area (Å²) in [5.74, 6) is 4.69.